The molecule has 1 saturated carbocycles. The van der Waals surface area contributed by atoms with Gasteiger partial charge in [-0.2, -0.15) is 18.2 Å². The van der Waals surface area contributed by atoms with Crippen molar-refractivity contribution < 1.29 is 17.6 Å². The van der Waals surface area contributed by atoms with E-state index in [-0.39, 0.29) is 5.41 Å². The van der Waals surface area contributed by atoms with Crippen molar-refractivity contribution in [2.24, 2.45) is 5.92 Å². The molecule has 0 unspecified atom stereocenters. The Bertz CT molecular complexity index is 1240. The number of fused-ring (bicyclic) bond motifs is 1. The van der Waals surface area contributed by atoms with Gasteiger partial charge in [0.2, 0.25) is 0 Å². The highest BCUT2D eigenvalue weighted by molar-refractivity contribution is 5.58. The van der Waals surface area contributed by atoms with Crippen LogP contribution in [0.5, 0.6) is 0 Å². The van der Waals surface area contributed by atoms with E-state index >= 15 is 0 Å². The van der Waals surface area contributed by atoms with Crippen molar-refractivity contribution in [3.8, 4) is 11.3 Å². The molecule has 2 fully saturated rings. The van der Waals surface area contributed by atoms with Crippen molar-refractivity contribution in [3.63, 3.8) is 0 Å². The lowest BCUT2D eigenvalue weighted by Gasteiger charge is -2.21. The summed E-state index contributed by atoms with van der Waals surface area (Å²) in [6.45, 7) is 3.24. The van der Waals surface area contributed by atoms with Crippen LogP contribution in [0.25, 0.3) is 11.3 Å². The number of benzene rings is 2. The molecule has 2 atom stereocenters. The fraction of sp³-hybridized carbons (Fsp3) is 0.385. The van der Waals surface area contributed by atoms with Crippen molar-refractivity contribution in [2.75, 3.05) is 19.6 Å². The van der Waals surface area contributed by atoms with Gasteiger partial charge in [-0.15, -0.1) is 0 Å². The van der Waals surface area contributed by atoms with Crippen LogP contribution < -0.4 is 5.69 Å². The van der Waals surface area contributed by atoms with Crippen molar-refractivity contribution >= 4 is 0 Å². The van der Waals surface area contributed by atoms with E-state index in [9.17, 15) is 22.4 Å². The van der Waals surface area contributed by atoms with Crippen LogP contribution >= 0.6 is 0 Å². The molecule has 1 aliphatic carbocycles. The Labute approximate surface area is 194 Å². The van der Waals surface area contributed by atoms with Gasteiger partial charge in [-0.05, 0) is 67.6 Å². The van der Waals surface area contributed by atoms with Crippen LogP contribution in [-0.4, -0.2) is 34.1 Å². The lowest BCUT2D eigenvalue weighted by Crippen LogP contribution is -2.28. The molecule has 34 heavy (non-hydrogen) atoms. The van der Waals surface area contributed by atoms with Crippen LogP contribution in [0.15, 0.2) is 65.6 Å². The van der Waals surface area contributed by atoms with E-state index in [4.69, 9.17) is 0 Å². The number of unbranched alkanes of at least 4 members (excludes halogenated alkanes) is 1. The lowest BCUT2D eigenvalue weighted by molar-refractivity contribution is -0.137. The standard InChI is InChI=1S/C26H25F4N3O/c27-22-6-2-1-5-21(22)23-11-14-33(24(34)31-23)13-4-3-12-32-16-20-15-25(20,17-32)18-7-9-19(10-8-18)26(28,29)30/h1-2,5-11,14,20H,3-4,12-13,15-17H2/t20-,25+/m0/s1. The predicted octanol–water partition coefficient (Wildman–Crippen LogP) is 5.12. The number of hydrogen-bond donors (Lipinski definition) is 0. The Morgan fingerprint density at radius 3 is 2.44 bits per heavy atom. The molecule has 178 valence electrons. The number of aromatic nitrogens is 2. The van der Waals surface area contributed by atoms with Gasteiger partial charge in [-0.25, -0.2) is 9.18 Å². The smallest absolute Gasteiger partial charge is 0.302 e. The van der Waals surface area contributed by atoms with Crippen LogP contribution in [-0.2, 0) is 18.1 Å². The number of alkyl halides is 3. The van der Waals surface area contributed by atoms with Crippen LogP contribution in [0.3, 0.4) is 0 Å². The maximum Gasteiger partial charge on any atom is 0.416 e. The second-order valence-corrected chi connectivity index (χ2v) is 9.34. The maximum atomic E-state index is 13.9. The highest BCUT2D eigenvalue weighted by Gasteiger charge is 2.60. The fourth-order valence-corrected chi connectivity index (χ4v) is 5.23. The summed E-state index contributed by atoms with van der Waals surface area (Å²) >= 11 is 0. The minimum Gasteiger partial charge on any atom is -0.302 e. The van der Waals surface area contributed by atoms with Crippen molar-refractivity contribution in [1.29, 1.82) is 0 Å². The molecule has 2 aromatic carbocycles. The fourth-order valence-electron chi connectivity index (χ4n) is 5.23. The molecule has 1 aromatic heterocycles. The van der Waals surface area contributed by atoms with E-state index in [0.29, 0.717) is 23.7 Å². The van der Waals surface area contributed by atoms with Gasteiger partial charge in [0, 0.05) is 36.8 Å². The molecule has 3 aromatic rings. The minimum atomic E-state index is -4.31. The zero-order valence-corrected chi connectivity index (χ0v) is 18.6. The minimum absolute atomic E-state index is 0.00642. The number of aryl methyl sites for hydroxylation is 1. The van der Waals surface area contributed by atoms with Gasteiger partial charge in [-0.1, -0.05) is 24.3 Å². The first-order valence-corrected chi connectivity index (χ1v) is 11.5. The molecule has 8 heteroatoms. The molecule has 2 aliphatic rings. The first-order chi connectivity index (χ1) is 16.3. The molecular formula is C26H25F4N3O. The molecule has 1 aliphatic heterocycles. The van der Waals surface area contributed by atoms with Gasteiger partial charge in [0.15, 0.2) is 0 Å². The molecule has 0 N–H and O–H groups in total. The van der Waals surface area contributed by atoms with Gasteiger partial charge in [-0.3, -0.25) is 4.57 Å². The summed E-state index contributed by atoms with van der Waals surface area (Å²) in [5, 5.41) is 0. The number of rotatable bonds is 7. The second kappa shape index (κ2) is 8.65. The third-order valence-corrected chi connectivity index (χ3v) is 7.15. The lowest BCUT2D eigenvalue weighted by atomic mass is 9.94. The zero-order chi connectivity index (χ0) is 23.9. The third kappa shape index (κ3) is 4.39. The van der Waals surface area contributed by atoms with Gasteiger partial charge < -0.3 is 4.90 Å². The largest absolute Gasteiger partial charge is 0.416 e. The zero-order valence-electron chi connectivity index (χ0n) is 18.6. The molecular weight excluding hydrogens is 446 g/mol. The molecule has 2 heterocycles. The van der Waals surface area contributed by atoms with E-state index in [1.165, 1.54) is 22.8 Å². The first kappa shape index (κ1) is 22.8. The summed E-state index contributed by atoms with van der Waals surface area (Å²) in [6, 6.07) is 13.5. The van der Waals surface area contributed by atoms with E-state index in [0.717, 1.165) is 44.5 Å². The number of halogens is 4. The molecule has 1 saturated heterocycles. The summed E-state index contributed by atoms with van der Waals surface area (Å²) in [7, 11) is 0. The van der Waals surface area contributed by atoms with Crippen molar-refractivity contribution in [3.05, 3.63) is 88.2 Å². The molecule has 4 nitrogen and oxygen atoms in total. The molecule has 0 bridgehead atoms. The Morgan fingerprint density at radius 2 is 1.74 bits per heavy atom. The predicted molar refractivity (Wildman–Crippen MR) is 121 cm³/mol. The summed E-state index contributed by atoms with van der Waals surface area (Å²) in [6.07, 6.45) is 0.0782. The second-order valence-electron chi connectivity index (χ2n) is 9.34. The van der Waals surface area contributed by atoms with Crippen LogP contribution in [0.1, 0.15) is 30.4 Å². The van der Waals surface area contributed by atoms with Crippen LogP contribution in [0.2, 0.25) is 0 Å². The van der Waals surface area contributed by atoms with Gasteiger partial charge in [0.25, 0.3) is 0 Å². The third-order valence-electron chi connectivity index (χ3n) is 7.15. The number of nitrogens with zero attached hydrogens (tertiary/aromatic N) is 3. The van der Waals surface area contributed by atoms with Crippen LogP contribution in [0, 0.1) is 11.7 Å². The van der Waals surface area contributed by atoms with Gasteiger partial charge >= 0.3 is 11.9 Å². The summed E-state index contributed by atoms with van der Waals surface area (Å²) < 4.78 is 54.0. The van der Waals surface area contributed by atoms with Gasteiger partial charge in [0.05, 0.1) is 11.3 Å². The Balaban J connectivity index is 1.12. The highest BCUT2D eigenvalue weighted by Crippen LogP contribution is 2.59. The number of piperidine rings is 1. The normalized spacial score (nSPS) is 22.1. The van der Waals surface area contributed by atoms with E-state index < -0.39 is 23.2 Å². The maximum absolute atomic E-state index is 13.9. The highest BCUT2D eigenvalue weighted by atomic mass is 19.4. The number of hydrogen-bond acceptors (Lipinski definition) is 3. The SMILES string of the molecule is O=c1nc(-c2ccccc2F)ccn1CCCCN1C[C@@H]2C[C@]2(c2ccc(C(F)(F)F)cc2)C1. The monoisotopic (exact) mass is 471 g/mol. The summed E-state index contributed by atoms with van der Waals surface area (Å²) in [5.74, 6) is 0.0897. The Hall–Kier alpha value is -3.00. The van der Waals surface area contributed by atoms with E-state index in [2.05, 4.69) is 9.88 Å². The van der Waals surface area contributed by atoms with Crippen molar-refractivity contribution in [2.45, 2.75) is 37.4 Å². The quantitative estimate of drug-likeness (QED) is 0.355. The summed E-state index contributed by atoms with van der Waals surface area (Å²) in [4.78, 5) is 18.8. The molecule has 0 amide bonds. The summed E-state index contributed by atoms with van der Waals surface area (Å²) in [5.41, 5.74) is 0.620. The molecule has 5 rings (SSSR count). The first-order valence-electron chi connectivity index (χ1n) is 11.5. The molecule has 0 radical (unpaired) electrons. The topological polar surface area (TPSA) is 38.1 Å². The average molecular weight is 471 g/mol. The van der Waals surface area contributed by atoms with E-state index in [1.54, 1.807) is 42.6 Å². The Morgan fingerprint density at radius 1 is 1.00 bits per heavy atom. The van der Waals surface area contributed by atoms with Crippen molar-refractivity contribution in [1.82, 2.24) is 14.5 Å². The van der Waals surface area contributed by atoms with E-state index in [1.807, 2.05) is 0 Å². The molecule has 0 spiro atoms. The van der Waals surface area contributed by atoms with Gasteiger partial charge in [0.1, 0.15) is 5.82 Å². The average Bonchev–Trinajstić information content (AvgIpc) is 3.38. The number of likely N-dealkylation sites (tertiary alicyclic amines) is 1. The Kier molecular flexibility index (Phi) is 5.80. The van der Waals surface area contributed by atoms with Crippen LogP contribution in [0.4, 0.5) is 17.6 Å².